The van der Waals surface area contributed by atoms with Crippen molar-refractivity contribution in [1.82, 2.24) is 14.9 Å². The Morgan fingerprint density at radius 2 is 1.86 bits per heavy atom. The Morgan fingerprint density at radius 3 is 2.52 bits per heavy atom. The third-order valence-corrected chi connectivity index (χ3v) is 3.43. The fraction of sp³-hybridized carbons (Fsp3) is 0.188. The van der Waals surface area contributed by atoms with Gasteiger partial charge < -0.3 is 4.52 Å². The van der Waals surface area contributed by atoms with Crippen molar-refractivity contribution in [2.24, 2.45) is 0 Å². The van der Waals surface area contributed by atoms with Crippen LogP contribution in [0.4, 0.5) is 0 Å². The van der Waals surface area contributed by atoms with Crippen molar-refractivity contribution in [3.8, 4) is 11.3 Å². The van der Waals surface area contributed by atoms with E-state index >= 15 is 0 Å². The van der Waals surface area contributed by atoms with Crippen molar-refractivity contribution < 1.29 is 4.52 Å². The Bertz CT molecular complexity index is 800. The largest absolute Gasteiger partial charge is 0.361 e. The number of hydrogen-bond donors (Lipinski definition) is 0. The third kappa shape index (κ3) is 2.63. The summed E-state index contributed by atoms with van der Waals surface area (Å²) in [5.41, 5.74) is 3.28. The summed E-state index contributed by atoms with van der Waals surface area (Å²) in [7, 11) is 0. The molecule has 3 aromatic rings. The van der Waals surface area contributed by atoms with E-state index in [1.165, 1.54) is 10.7 Å². The fourth-order valence-electron chi connectivity index (χ4n) is 2.20. The van der Waals surface area contributed by atoms with Crippen LogP contribution in [-0.2, 0) is 6.54 Å². The van der Waals surface area contributed by atoms with Crippen LogP contribution in [0.25, 0.3) is 11.3 Å². The lowest BCUT2D eigenvalue weighted by Gasteiger charge is -2.07. The summed E-state index contributed by atoms with van der Waals surface area (Å²) in [5, 5.41) is 8.34. The second-order valence-corrected chi connectivity index (χ2v) is 4.88. The van der Waals surface area contributed by atoms with Gasteiger partial charge in [0.2, 0.25) is 0 Å². The predicted octanol–water partition coefficient (Wildman–Crippen LogP) is 2.56. The minimum absolute atomic E-state index is 0.144. The molecule has 2 aromatic heterocycles. The van der Waals surface area contributed by atoms with Crippen LogP contribution >= 0.6 is 0 Å². The minimum Gasteiger partial charge on any atom is -0.361 e. The average Bonchev–Trinajstić information content (AvgIpc) is 2.82. The second kappa shape index (κ2) is 5.36. The molecule has 0 unspecified atom stereocenters. The van der Waals surface area contributed by atoms with E-state index in [0.717, 1.165) is 22.5 Å². The Labute approximate surface area is 121 Å². The molecule has 0 saturated carbocycles. The molecule has 0 bridgehead atoms. The molecule has 0 aliphatic rings. The van der Waals surface area contributed by atoms with Gasteiger partial charge >= 0.3 is 0 Å². The molecule has 2 heterocycles. The van der Waals surface area contributed by atoms with Crippen molar-refractivity contribution in [2.45, 2.75) is 20.4 Å². The molecule has 0 N–H and O–H groups in total. The van der Waals surface area contributed by atoms with E-state index in [4.69, 9.17) is 4.52 Å². The topological polar surface area (TPSA) is 60.9 Å². The van der Waals surface area contributed by atoms with E-state index in [9.17, 15) is 4.79 Å². The monoisotopic (exact) mass is 281 g/mol. The maximum Gasteiger partial charge on any atom is 0.267 e. The summed E-state index contributed by atoms with van der Waals surface area (Å²) in [4.78, 5) is 12.0. The smallest absolute Gasteiger partial charge is 0.267 e. The first kappa shape index (κ1) is 13.3. The second-order valence-electron chi connectivity index (χ2n) is 4.88. The number of hydrogen-bond acceptors (Lipinski definition) is 4. The summed E-state index contributed by atoms with van der Waals surface area (Å²) < 4.78 is 6.57. The summed E-state index contributed by atoms with van der Waals surface area (Å²) >= 11 is 0. The standard InChI is InChI=1S/C16H15N3O2/c1-11-14(12(2)21-18-11)10-19-16(20)9-8-15(17-19)13-6-4-3-5-7-13/h3-9H,10H2,1-2H3. The summed E-state index contributed by atoms with van der Waals surface area (Å²) in [6.45, 7) is 4.06. The van der Waals surface area contributed by atoms with Crippen LogP contribution in [0.2, 0.25) is 0 Å². The average molecular weight is 281 g/mol. The zero-order chi connectivity index (χ0) is 14.8. The maximum atomic E-state index is 12.0. The lowest BCUT2D eigenvalue weighted by atomic mass is 10.1. The quantitative estimate of drug-likeness (QED) is 0.740. The van der Waals surface area contributed by atoms with Gasteiger partial charge in [-0.05, 0) is 19.9 Å². The predicted molar refractivity (Wildman–Crippen MR) is 79.0 cm³/mol. The summed E-state index contributed by atoms with van der Waals surface area (Å²) in [6, 6.07) is 13.0. The SMILES string of the molecule is Cc1noc(C)c1Cn1nc(-c2ccccc2)ccc1=O. The van der Waals surface area contributed by atoms with Gasteiger partial charge in [0.25, 0.3) is 5.56 Å². The van der Waals surface area contributed by atoms with Crippen molar-refractivity contribution in [3.63, 3.8) is 0 Å². The van der Waals surface area contributed by atoms with Crippen LogP contribution < -0.4 is 5.56 Å². The zero-order valence-corrected chi connectivity index (χ0v) is 11.9. The molecule has 0 aliphatic carbocycles. The Kier molecular flexibility index (Phi) is 3.39. The number of aromatic nitrogens is 3. The Balaban J connectivity index is 2.02. The van der Waals surface area contributed by atoms with Crippen LogP contribution in [0, 0.1) is 13.8 Å². The lowest BCUT2D eigenvalue weighted by Crippen LogP contribution is -2.23. The van der Waals surface area contributed by atoms with Gasteiger partial charge in [0, 0.05) is 17.2 Å². The highest BCUT2D eigenvalue weighted by Gasteiger charge is 2.11. The van der Waals surface area contributed by atoms with Crippen molar-refractivity contribution in [1.29, 1.82) is 0 Å². The first-order chi connectivity index (χ1) is 10.1. The number of nitrogens with zero attached hydrogens (tertiary/aromatic N) is 3. The van der Waals surface area contributed by atoms with Gasteiger partial charge in [-0.3, -0.25) is 4.79 Å². The van der Waals surface area contributed by atoms with Crippen LogP contribution in [-0.4, -0.2) is 14.9 Å². The van der Waals surface area contributed by atoms with Crippen LogP contribution in [0.15, 0.2) is 51.8 Å². The summed E-state index contributed by atoms with van der Waals surface area (Å²) in [5.74, 6) is 0.714. The molecule has 0 amide bonds. The molecule has 5 heteroatoms. The van der Waals surface area contributed by atoms with E-state index < -0.39 is 0 Å². The molecule has 0 aliphatic heterocycles. The molecule has 0 radical (unpaired) electrons. The molecular weight excluding hydrogens is 266 g/mol. The van der Waals surface area contributed by atoms with Gasteiger partial charge in [-0.15, -0.1) is 0 Å². The van der Waals surface area contributed by atoms with Gasteiger partial charge in [0.1, 0.15) is 5.76 Å². The van der Waals surface area contributed by atoms with E-state index in [0.29, 0.717) is 12.3 Å². The third-order valence-electron chi connectivity index (χ3n) is 3.43. The van der Waals surface area contributed by atoms with E-state index in [-0.39, 0.29) is 5.56 Å². The highest BCUT2D eigenvalue weighted by molar-refractivity contribution is 5.57. The lowest BCUT2D eigenvalue weighted by molar-refractivity contribution is 0.391. The normalized spacial score (nSPS) is 10.8. The van der Waals surface area contributed by atoms with Gasteiger partial charge in [-0.1, -0.05) is 35.5 Å². The highest BCUT2D eigenvalue weighted by atomic mass is 16.5. The zero-order valence-electron chi connectivity index (χ0n) is 11.9. The number of aryl methyl sites for hydroxylation is 2. The van der Waals surface area contributed by atoms with Crippen molar-refractivity contribution in [2.75, 3.05) is 0 Å². The first-order valence-electron chi connectivity index (χ1n) is 6.70. The van der Waals surface area contributed by atoms with Crippen molar-refractivity contribution >= 4 is 0 Å². The van der Waals surface area contributed by atoms with Gasteiger partial charge in [-0.25, -0.2) is 4.68 Å². The molecule has 106 valence electrons. The molecule has 0 atom stereocenters. The van der Waals surface area contributed by atoms with Crippen molar-refractivity contribution in [3.05, 3.63) is 69.8 Å². The number of rotatable bonds is 3. The van der Waals surface area contributed by atoms with E-state index in [1.807, 2.05) is 44.2 Å². The molecular formula is C16H15N3O2. The Hall–Kier alpha value is -2.69. The summed E-state index contributed by atoms with van der Waals surface area (Å²) in [6.07, 6.45) is 0. The molecule has 21 heavy (non-hydrogen) atoms. The molecule has 0 fully saturated rings. The van der Waals surface area contributed by atoms with Gasteiger partial charge in [0.15, 0.2) is 0 Å². The van der Waals surface area contributed by atoms with E-state index in [1.54, 1.807) is 6.07 Å². The van der Waals surface area contributed by atoms with Crippen LogP contribution in [0.3, 0.4) is 0 Å². The minimum atomic E-state index is -0.144. The molecule has 1 aromatic carbocycles. The molecule has 3 rings (SSSR count). The Morgan fingerprint density at radius 1 is 1.10 bits per heavy atom. The van der Waals surface area contributed by atoms with Crippen LogP contribution in [0.5, 0.6) is 0 Å². The molecule has 0 saturated heterocycles. The van der Waals surface area contributed by atoms with Crippen LogP contribution in [0.1, 0.15) is 17.0 Å². The molecule has 0 spiro atoms. The number of benzene rings is 1. The highest BCUT2D eigenvalue weighted by Crippen LogP contribution is 2.16. The first-order valence-corrected chi connectivity index (χ1v) is 6.70. The van der Waals surface area contributed by atoms with Gasteiger partial charge in [0.05, 0.1) is 17.9 Å². The van der Waals surface area contributed by atoms with Gasteiger partial charge in [-0.2, -0.15) is 5.10 Å². The fourth-order valence-corrected chi connectivity index (χ4v) is 2.20. The van der Waals surface area contributed by atoms with E-state index in [2.05, 4.69) is 10.3 Å². The molecule has 5 nitrogen and oxygen atoms in total. The maximum absolute atomic E-state index is 12.0.